The van der Waals surface area contributed by atoms with Crippen molar-refractivity contribution < 1.29 is 22.7 Å². The summed E-state index contributed by atoms with van der Waals surface area (Å²) in [5.74, 6) is -0.0731. The Hall–Kier alpha value is -2.67. The molecule has 7 heteroatoms. The number of carbonyl (C=O) groups is 1. The van der Waals surface area contributed by atoms with E-state index in [0.29, 0.717) is 16.9 Å². The number of esters is 1. The number of benzene rings is 1. The molecule has 3 rings (SSSR count). The first-order valence-corrected chi connectivity index (χ1v) is 9.86. The number of cyclic esters (lactones) is 1. The second-order valence-corrected chi connectivity index (χ2v) is 8.65. The third-order valence-corrected chi connectivity index (χ3v) is 5.17. The number of aryl methyl sites for hydroxylation is 1. The summed E-state index contributed by atoms with van der Waals surface area (Å²) in [6.07, 6.45) is 2.68. The van der Waals surface area contributed by atoms with E-state index < -0.39 is 21.4 Å². The minimum atomic E-state index is -3.30. The smallest absolute Gasteiger partial charge is 0.375 e. The highest BCUT2D eigenvalue weighted by Crippen LogP contribution is 2.40. The van der Waals surface area contributed by atoms with Crippen LogP contribution in [0.2, 0.25) is 0 Å². The molecule has 1 aromatic heterocycles. The van der Waals surface area contributed by atoms with Crippen LogP contribution in [0.3, 0.4) is 0 Å². The average Bonchev–Trinajstić information content (AvgIpc) is 2.77. The Labute approximate surface area is 152 Å². The molecule has 0 atom stereocenters. The summed E-state index contributed by atoms with van der Waals surface area (Å²) in [5.41, 5.74) is 1.14. The summed E-state index contributed by atoms with van der Waals surface area (Å²) < 4.78 is 34.5. The lowest BCUT2D eigenvalue weighted by Gasteiger charge is -2.21. The molecule has 0 saturated carbocycles. The normalized spacial score (nSPS) is 16.5. The molecule has 1 aromatic carbocycles. The molecule has 0 saturated heterocycles. The zero-order valence-electron chi connectivity index (χ0n) is 14.9. The van der Waals surface area contributed by atoms with Crippen LogP contribution in [0.1, 0.15) is 25.1 Å². The maximum atomic E-state index is 12.3. The minimum Gasteiger partial charge on any atom is -0.449 e. The van der Waals surface area contributed by atoms with Crippen LogP contribution in [0.25, 0.3) is 5.57 Å². The number of nitrogens with zero attached hydrogens (tertiary/aromatic N) is 1. The Bertz CT molecular complexity index is 987. The van der Waals surface area contributed by atoms with Gasteiger partial charge < -0.3 is 9.47 Å². The molecule has 0 spiro atoms. The Balaban J connectivity index is 2.07. The van der Waals surface area contributed by atoms with Gasteiger partial charge in [0.15, 0.2) is 9.84 Å². The Morgan fingerprint density at radius 1 is 1.08 bits per heavy atom. The molecule has 0 N–H and O–H groups in total. The fourth-order valence-electron chi connectivity index (χ4n) is 2.78. The van der Waals surface area contributed by atoms with Gasteiger partial charge in [0.05, 0.1) is 16.7 Å². The van der Waals surface area contributed by atoms with Gasteiger partial charge in [-0.2, -0.15) is 0 Å². The molecule has 1 aliphatic heterocycles. The molecule has 0 bridgehead atoms. The van der Waals surface area contributed by atoms with Crippen molar-refractivity contribution in [1.82, 2.24) is 4.98 Å². The van der Waals surface area contributed by atoms with Gasteiger partial charge in [0.2, 0.25) is 5.76 Å². The average molecular weight is 373 g/mol. The molecule has 1 aliphatic rings. The highest BCUT2D eigenvalue weighted by atomic mass is 32.2. The van der Waals surface area contributed by atoms with Crippen molar-refractivity contribution in [3.63, 3.8) is 0 Å². The molecule has 26 heavy (non-hydrogen) atoms. The van der Waals surface area contributed by atoms with Crippen LogP contribution in [0.15, 0.2) is 53.2 Å². The molecule has 0 amide bonds. The van der Waals surface area contributed by atoms with Crippen LogP contribution in [0, 0.1) is 6.92 Å². The number of sulfone groups is 1. The van der Waals surface area contributed by atoms with E-state index in [9.17, 15) is 13.2 Å². The van der Waals surface area contributed by atoms with Crippen molar-refractivity contribution in [1.29, 1.82) is 0 Å². The maximum Gasteiger partial charge on any atom is 0.375 e. The fourth-order valence-corrected chi connectivity index (χ4v) is 3.41. The first-order valence-electron chi connectivity index (χ1n) is 7.97. The van der Waals surface area contributed by atoms with Gasteiger partial charge >= 0.3 is 5.97 Å². The van der Waals surface area contributed by atoms with E-state index in [2.05, 4.69) is 4.98 Å². The fraction of sp³-hybridized carbons (Fsp3) is 0.263. The summed E-state index contributed by atoms with van der Waals surface area (Å²) in [5, 5.41) is 0. The monoisotopic (exact) mass is 373 g/mol. The quantitative estimate of drug-likeness (QED) is 0.767. The van der Waals surface area contributed by atoms with Crippen molar-refractivity contribution in [3.8, 4) is 5.75 Å². The van der Waals surface area contributed by atoms with E-state index in [1.807, 2.05) is 6.92 Å². The van der Waals surface area contributed by atoms with Crippen molar-refractivity contribution in [2.75, 3.05) is 6.26 Å². The first-order chi connectivity index (χ1) is 12.1. The van der Waals surface area contributed by atoms with E-state index in [1.165, 1.54) is 18.3 Å². The van der Waals surface area contributed by atoms with Gasteiger partial charge in [-0.25, -0.2) is 13.2 Å². The van der Waals surface area contributed by atoms with E-state index in [0.717, 1.165) is 11.9 Å². The van der Waals surface area contributed by atoms with Crippen LogP contribution in [-0.2, 0) is 19.4 Å². The second kappa shape index (κ2) is 6.25. The largest absolute Gasteiger partial charge is 0.449 e. The van der Waals surface area contributed by atoms with E-state index in [-0.39, 0.29) is 10.7 Å². The molecule has 6 nitrogen and oxygen atoms in total. The summed E-state index contributed by atoms with van der Waals surface area (Å²) in [7, 11) is -3.30. The standard InChI is InChI=1S/C19H19NO5S/c1-12-5-8-14(11-20-12)24-17-16(19(2,3)25-18(17)21)13-6-9-15(10-7-13)26(4,22)23/h5-11H,1-4H3. The molecule has 0 aliphatic carbocycles. The molecule has 136 valence electrons. The van der Waals surface area contributed by atoms with Gasteiger partial charge in [0.25, 0.3) is 0 Å². The number of pyridine rings is 1. The minimum absolute atomic E-state index is 0.0766. The van der Waals surface area contributed by atoms with Crippen molar-refractivity contribution in [2.24, 2.45) is 0 Å². The summed E-state index contributed by atoms with van der Waals surface area (Å²) >= 11 is 0. The molecule has 2 heterocycles. The molecule has 0 fully saturated rings. The SMILES string of the molecule is Cc1ccc(OC2=C(c3ccc(S(C)(=O)=O)cc3)C(C)(C)OC2=O)cn1. The van der Waals surface area contributed by atoms with Gasteiger partial charge in [-0.05, 0) is 50.6 Å². The van der Waals surface area contributed by atoms with Crippen LogP contribution < -0.4 is 4.74 Å². The Morgan fingerprint density at radius 3 is 2.27 bits per heavy atom. The van der Waals surface area contributed by atoms with Gasteiger partial charge in [0, 0.05) is 11.9 Å². The molecule has 0 unspecified atom stereocenters. The molecular formula is C19H19NO5S. The summed E-state index contributed by atoms with van der Waals surface area (Å²) in [6, 6.07) is 9.79. The summed E-state index contributed by atoms with van der Waals surface area (Å²) in [4.78, 5) is 16.7. The highest BCUT2D eigenvalue weighted by molar-refractivity contribution is 7.90. The van der Waals surface area contributed by atoms with E-state index >= 15 is 0 Å². The van der Waals surface area contributed by atoms with Gasteiger partial charge in [-0.15, -0.1) is 0 Å². The molecule has 2 aromatic rings. The second-order valence-electron chi connectivity index (χ2n) is 6.64. The van der Waals surface area contributed by atoms with E-state index in [4.69, 9.17) is 9.47 Å². The number of aromatic nitrogens is 1. The topological polar surface area (TPSA) is 82.6 Å². The van der Waals surface area contributed by atoms with Crippen LogP contribution in [0.5, 0.6) is 5.75 Å². The predicted octanol–water partition coefficient (Wildman–Crippen LogP) is 2.92. The number of rotatable bonds is 4. The lowest BCUT2D eigenvalue weighted by atomic mass is 9.92. The molecular weight excluding hydrogens is 354 g/mol. The third kappa shape index (κ3) is 3.48. The van der Waals surface area contributed by atoms with Gasteiger partial charge in [-0.1, -0.05) is 12.1 Å². The van der Waals surface area contributed by atoms with Crippen LogP contribution in [-0.4, -0.2) is 31.2 Å². The number of hydrogen-bond acceptors (Lipinski definition) is 6. The number of carbonyl (C=O) groups excluding carboxylic acids is 1. The lowest BCUT2D eigenvalue weighted by Crippen LogP contribution is -2.22. The maximum absolute atomic E-state index is 12.3. The highest BCUT2D eigenvalue weighted by Gasteiger charge is 2.43. The lowest BCUT2D eigenvalue weighted by molar-refractivity contribution is -0.145. The van der Waals surface area contributed by atoms with Crippen molar-refractivity contribution in [2.45, 2.75) is 31.3 Å². The van der Waals surface area contributed by atoms with Crippen molar-refractivity contribution in [3.05, 3.63) is 59.6 Å². The zero-order valence-corrected chi connectivity index (χ0v) is 15.8. The van der Waals surface area contributed by atoms with Gasteiger partial charge in [-0.3, -0.25) is 4.98 Å². The van der Waals surface area contributed by atoms with E-state index in [1.54, 1.807) is 38.1 Å². The molecule has 0 radical (unpaired) electrons. The van der Waals surface area contributed by atoms with Gasteiger partial charge in [0.1, 0.15) is 11.4 Å². The predicted molar refractivity (Wildman–Crippen MR) is 96.2 cm³/mol. The third-order valence-electron chi connectivity index (χ3n) is 4.04. The zero-order chi connectivity index (χ0) is 19.1. The van der Waals surface area contributed by atoms with Crippen LogP contribution in [0.4, 0.5) is 0 Å². The van der Waals surface area contributed by atoms with Crippen molar-refractivity contribution >= 4 is 21.4 Å². The first kappa shape index (κ1) is 18.1. The Kier molecular flexibility index (Phi) is 4.36. The Morgan fingerprint density at radius 2 is 1.73 bits per heavy atom. The summed E-state index contributed by atoms with van der Waals surface area (Å²) in [6.45, 7) is 5.37. The number of ether oxygens (including phenoxy) is 2. The number of hydrogen-bond donors (Lipinski definition) is 0. The van der Waals surface area contributed by atoms with Crippen LogP contribution >= 0.6 is 0 Å².